The van der Waals surface area contributed by atoms with Crippen LogP contribution in [0.15, 0.2) is 47.7 Å². The number of allylic oxidation sites excluding steroid dienone is 1. The Morgan fingerprint density at radius 3 is 2.38 bits per heavy atom. The predicted octanol–water partition coefficient (Wildman–Crippen LogP) is 4.66. The number of rotatable bonds is 3. The third kappa shape index (κ3) is 2.82. The molecule has 0 bridgehead atoms. The fourth-order valence-electron chi connectivity index (χ4n) is 2.49. The molecule has 2 nitrogen and oxygen atoms in total. The Morgan fingerprint density at radius 1 is 1.00 bits per heavy atom. The van der Waals surface area contributed by atoms with Gasteiger partial charge >= 0.3 is 0 Å². The molecule has 2 aromatic carbocycles. The van der Waals surface area contributed by atoms with E-state index in [2.05, 4.69) is 11.2 Å². The molecule has 123 valence electrons. The second kappa shape index (κ2) is 5.83. The first-order chi connectivity index (χ1) is 11.3. The molecule has 1 aliphatic rings. The Hall–Kier alpha value is -2.54. The van der Waals surface area contributed by atoms with Crippen LogP contribution in [0.25, 0.3) is 11.1 Å². The van der Waals surface area contributed by atoms with Crippen molar-refractivity contribution >= 4 is 11.4 Å². The van der Waals surface area contributed by atoms with E-state index in [9.17, 15) is 22.0 Å². The van der Waals surface area contributed by atoms with Gasteiger partial charge in [-0.1, -0.05) is 11.2 Å². The van der Waals surface area contributed by atoms with Gasteiger partial charge in [0.15, 0.2) is 23.0 Å². The highest BCUT2D eigenvalue weighted by molar-refractivity contribution is 5.96. The Bertz CT molecular complexity index is 860. The molecule has 7 heteroatoms. The third-order valence-corrected chi connectivity index (χ3v) is 3.66. The van der Waals surface area contributed by atoms with Crippen LogP contribution in [0, 0.1) is 23.5 Å². The second-order valence-corrected chi connectivity index (χ2v) is 5.38. The van der Waals surface area contributed by atoms with Crippen molar-refractivity contribution in [2.45, 2.75) is 6.43 Å². The monoisotopic (exact) mass is 338 g/mol. The van der Waals surface area contributed by atoms with Gasteiger partial charge in [-0.25, -0.2) is 22.0 Å². The molecule has 0 fully saturated rings. The zero-order chi connectivity index (χ0) is 17.5. The average molecular weight is 338 g/mol. The van der Waals surface area contributed by atoms with Gasteiger partial charge in [0.05, 0.1) is 6.08 Å². The molecule has 0 N–H and O–H groups in total. The van der Waals surface area contributed by atoms with Crippen molar-refractivity contribution in [1.29, 1.82) is 0 Å². The SMILES string of the molecule is C[N+]1(c2cc(F)ccc2-c2ccc(F)c(F)c2)C=[C]C(C(F)F)=N1. The van der Waals surface area contributed by atoms with Crippen LogP contribution in [-0.2, 0) is 0 Å². The van der Waals surface area contributed by atoms with Crippen molar-refractivity contribution in [3.05, 3.63) is 66.1 Å². The van der Waals surface area contributed by atoms with Crippen LogP contribution < -0.4 is 4.59 Å². The summed E-state index contributed by atoms with van der Waals surface area (Å²) in [6.45, 7) is 0. The Labute approximate surface area is 134 Å². The lowest BCUT2D eigenvalue weighted by atomic mass is 10.0. The normalized spacial score (nSPS) is 19.9. The van der Waals surface area contributed by atoms with E-state index in [1.54, 1.807) is 0 Å². The number of alkyl halides is 2. The predicted molar refractivity (Wildman–Crippen MR) is 80.7 cm³/mol. The fraction of sp³-hybridized carbons (Fsp3) is 0.118. The highest BCUT2D eigenvalue weighted by atomic mass is 19.3. The largest absolute Gasteiger partial charge is 0.286 e. The van der Waals surface area contributed by atoms with E-state index >= 15 is 0 Å². The molecule has 0 aliphatic carbocycles. The lowest BCUT2D eigenvalue weighted by molar-refractivity contribution is 0.225. The number of benzene rings is 2. The van der Waals surface area contributed by atoms with Gasteiger partial charge in [0.2, 0.25) is 0 Å². The summed E-state index contributed by atoms with van der Waals surface area (Å²) in [4.78, 5) is 0. The van der Waals surface area contributed by atoms with Crippen molar-refractivity contribution in [3.63, 3.8) is 0 Å². The maximum Gasteiger partial charge on any atom is 0.286 e. The molecule has 3 rings (SSSR count). The first kappa shape index (κ1) is 16.3. The van der Waals surface area contributed by atoms with Gasteiger partial charge in [-0.15, -0.1) is 4.59 Å². The molecule has 0 aromatic heterocycles. The van der Waals surface area contributed by atoms with Gasteiger partial charge in [-0.2, -0.15) is 0 Å². The molecule has 1 heterocycles. The first-order valence-electron chi connectivity index (χ1n) is 6.91. The third-order valence-electron chi connectivity index (χ3n) is 3.66. The van der Waals surface area contributed by atoms with Crippen LogP contribution in [0.2, 0.25) is 0 Å². The van der Waals surface area contributed by atoms with E-state index in [-0.39, 0.29) is 11.3 Å². The molecule has 1 atom stereocenters. The van der Waals surface area contributed by atoms with Crippen LogP contribution in [0.1, 0.15) is 0 Å². The highest BCUT2D eigenvalue weighted by Gasteiger charge is 2.34. The first-order valence-corrected chi connectivity index (χ1v) is 6.91. The van der Waals surface area contributed by atoms with E-state index in [4.69, 9.17) is 0 Å². The van der Waals surface area contributed by atoms with Crippen LogP contribution in [0.3, 0.4) is 0 Å². The lowest BCUT2D eigenvalue weighted by Crippen LogP contribution is -2.32. The van der Waals surface area contributed by atoms with Crippen molar-refractivity contribution in [3.8, 4) is 11.1 Å². The summed E-state index contributed by atoms with van der Waals surface area (Å²) in [5, 5.41) is 3.86. The summed E-state index contributed by atoms with van der Waals surface area (Å²) in [7, 11) is 1.46. The van der Waals surface area contributed by atoms with Crippen molar-refractivity contribution in [2.24, 2.45) is 5.10 Å². The molecule has 1 radical (unpaired) electrons. The number of hydrogen-bond donors (Lipinski definition) is 0. The quantitative estimate of drug-likeness (QED) is 0.570. The van der Waals surface area contributed by atoms with Crippen LogP contribution in [0.5, 0.6) is 0 Å². The second-order valence-electron chi connectivity index (χ2n) is 5.38. The van der Waals surface area contributed by atoms with Gasteiger partial charge in [0.1, 0.15) is 19.1 Å². The molecule has 0 amide bonds. The molecule has 0 saturated carbocycles. The van der Waals surface area contributed by atoms with Gasteiger partial charge in [-0.05, 0) is 29.8 Å². The molecule has 2 aromatic rings. The molecule has 1 aliphatic heterocycles. The van der Waals surface area contributed by atoms with Gasteiger partial charge in [0.25, 0.3) is 6.43 Å². The average Bonchev–Trinajstić information content (AvgIpc) is 2.94. The number of halogens is 5. The van der Waals surface area contributed by atoms with E-state index in [0.717, 1.165) is 24.3 Å². The summed E-state index contributed by atoms with van der Waals surface area (Å²) in [5.74, 6) is -2.69. The maximum atomic E-state index is 13.7. The van der Waals surface area contributed by atoms with Crippen LogP contribution >= 0.6 is 0 Å². The summed E-state index contributed by atoms with van der Waals surface area (Å²) >= 11 is 0. The van der Waals surface area contributed by atoms with E-state index in [1.165, 1.54) is 25.4 Å². The minimum absolute atomic E-state index is 0.198. The van der Waals surface area contributed by atoms with Crippen molar-refractivity contribution < 1.29 is 22.0 Å². The standard InChI is InChI=1S/C17H11F5N2/c1-24(7-6-15(23-24)17(21)22)16-9-11(18)3-4-12(16)10-2-5-13(19)14(20)8-10/h2-5,7-9,17H,1H3/q+1. The Kier molecular flexibility index (Phi) is 3.96. The van der Waals surface area contributed by atoms with Gasteiger partial charge in [0, 0.05) is 11.6 Å². The molecule has 1 unspecified atom stereocenters. The summed E-state index contributed by atoms with van der Waals surface area (Å²) in [6.07, 6.45) is 0.786. The zero-order valence-corrected chi connectivity index (χ0v) is 12.4. The number of hydrogen-bond acceptors (Lipinski definition) is 1. The summed E-state index contributed by atoms with van der Waals surface area (Å²) in [6, 6.07) is 6.85. The smallest absolute Gasteiger partial charge is 0.207 e. The lowest BCUT2D eigenvalue weighted by Gasteiger charge is -2.23. The van der Waals surface area contributed by atoms with Gasteiger partial charge in [-0.3, -0.25) is 0 Å². The minimum Gasteiger partial charge on any atom is -0.207 e. The summed E-state index contributed by atoms with van der Waals surface area (Å²) in [5.41, 5.74) is 0.259. The molecule has 0 saturated heterocycles. The minimum atomic E-state index is -2.82. The van der Waals surface area contributed by atoms with E-state index in [1.807, 2.05) is 0 Å². The topological polar surface area (TPSA) is 12.4 Å². The summed E-state index contributed by atoms with van der Waals surface area (Å²) < 4.78 is 65.5. The van der Waals surface area contributed by atoms with E-state index < -0.39 is 34.2 Å². The molecular formula is C17H11F5N2+. The maximum absolute atomic E-state index is 13.7. The van der Waals surface area contributed by atoms with Crippen LogP contribution in [0.4, 0.5) is 27.6 Å². The molecular weight excluding hydrogens is 327 g/mol. The fourth-order valence-corrected chi connectivity index (χ4v) is 2.49. The Morgan fingerprint density at radius 2 is 1.75 bits per heavy atom. The van der Waals surface area contributed by atoms with Crippen molar-refractivity contribution in [2.75, 3.05) is 7.05 Å². The van der Waals surface area contributed by atoms with Crippen LogP contribution in [-0.4, -0.2) is 19.2 Å². The molecule has 24 heavy (non-hydrogen) atoms. The molecule has 0 spiro atoms. The Balaban J connectivity index is 2.17. The zero-order valence-electron chi connectivity index (χ0n) is 12.4. The van der Waals surface area contributed by atoms with Crippen molar-refractivity contribution in [1.82, 2.24) is 4.59 Å². The number of quaternary nitrogens is 1. The van der Waals surface area contributed by atoms with Gasteiger partial charge < -0.3 is 0 Å². The highest BCUT2D eigenvalue weighted by Crippen LogP contribution is 2.37. The van der Waals surface area contributed by atoms with E-state index in [0.29, 0.717) is 5.56 Å². The number of nitrogens with zero attached hydrogens (tertiary/aromatic N) is 2.